The van der Waals surface area contributed by atoms with Crippen LogP contribution in [0.25, 0.3) is 55.0 Å². The van der Waals surface area contributed by atoms with Crippen LogP contribution in [-0.4, -0.2) is 0 Å². The Balaban J connectivity index is 1.21. The van der Waals surface area contributed by atoms with Crippen molar-refractivity contribution in [2.45, 2.75) is 0 Å². The smallest absolute Gasteiger partial charge is 0.138 e. The second-order valence-corrected chi connectivity index (χ2v) is 12.2. The summed E-state index contributed by atoms with van der Waals surface area (Å²) in [4.78, 5) is 4.55. The normalized spacial score (nSPS) is 11.8. The van der Waals surface area contributed by atoms with Gasteiger partial charge in [-0.05, 0) is 83.6 Å². The molecule has 2 aliphatic rings. The number of hydrogen-bond acceptors (Lipinski definition) is 4. The van der Waals surface area contributed by atoms with Gasteiger partial charge in [0.25, 0.3) is 0 Å². The van der Waals surface area contributed by atoms with Crippen LogP contribution >= 0.6 is 0 Å². The molecule has 2 heterocycles. The van der Waals surface area contributed by atoms with Crippen LogP contribution in [0.15, 0.2) is 179 Å². The summed E-state index contributed by atoms with van der Waals surface area (Å²) in [5.74, 6) is 0. The lowest BCUT2D eigenvalue weighted by Gasteiger charge is -2.28. The van der Waals surface area contributed by atoms with Crippen molar-refractivity contribution in [3.63, 3.8) is 0 Å². The second-order valence-electron chi connectivity index (χ2n) is 12.2. The van der Waals surface area contributed by atoms with Crippen molar-refractivity contribution >= 4 is 78.0 Å². The van der Waals surface area contributed by atoms with Gasteiger partial charge in [-0.1, -0.05) is 84.9 Å². The van der Waals surface area contributed by atoms with Gasteiger partial charge in [0.15, 0.2) is 0 Å². The van der Waals surface area contributed by atoms with Gasteiger partial charge >= 0.3 is 0 Å². The first-order valence-corrected chi connectivity index (χ1v) is 16.2. The molecule has 48 heavy (non-hydrogen) atoms. The number of benzene rings is 8. The molecule has 0 fully saturated rings. The lowest BCUT2D eigenvalue weighted by atomic mass is 9.90. The van der Waals surface area contributed by atoms with E-state index in [9.17, 15) is 0 Å². The van der Waals surface area contributed by atoms with E-state index in [-0.39, 0.29) is 0 Å². The minimum atomic E-state index is 0.825. The molecule has 0 spiro atoms. The summed E-state index contributed by atoms with van der Waals surface area (Å²) < 4.78 is 13.7. The third kappa shape index (κ3) is 4.10. The van der Waals surface area contributed by atoms with Gasteiger partial charge in [0.2, 0.25) is 0 Å². The number of anilines is 6. The van der Waals surface area contributed by atoms with E-state index >= 15 is 0 Å². The van der Waals surface area contributed by atoms with Gasteiger partial charge in [-0.2, -0.15) is 0 Å². The zero-order chi connectivity index (χ0) is 31.6. The molecule has 0 bridgehead atoms. The summed E-state index contributed by atoms with van der Waals surface area (Å²) in [6.45, 7) is 0. The van der Waals surface area contributed by atoms with Crippen molar-refractivity contribution in [3.05, 3.63) is 170 Å². The summed E-state index contributed by atoms with van der Waals surface area (Å²) in [5, 5.41) is 4.34. The molecule has 0 aromatic heterocycles. The Kier molecular flexibility index (Phi) is 5.84. The van der Waals surface area contributed by atoms with E-state index < -0.39 is 0 Å². The van der Waals surface area contributed by atoms with Gasteiger partial charge in [-0.25, -0.2) is 0 Å². The van der Waals surface area contributed by atoms with Crippen LogP contribution in [-0.2, 0) is 0 Å². The van der Waals surface area contributed by atoms with Crippen LogP contribution in [0.3, 0.4) is 0 Å². The van der Waals surface area contributed by atoms with Gasteiger partial charge in [-0.15, -0.1) is 0 Å². The molecule has 8 aromatic rings. The standard InChI is InChI=1S/C44H28N2O2/c1-5-13-31(14-6-1)45(32-15-7-2-8-16-32)35-25-29-21-23-38-43-41(29)39(27-35)47-37-24-22-30-26-36(28-40(48-38)42(30)44(37)43)46(33-17-9-3-10-18-33)34-19-11-4-12-20-34/h1-28H. The Morgan fingerprint density at radius 1 is 0.292 bits per heavy atom. The van der Waals surface area contributed by atoms with Crippen LogP contribution in [0.4, 0.5) is 34.1 Å². The highest BCUT2D eigenvalue weighted by Gasteiger charge is 2.27. The third-order valence-corrected chi connectivity index (χ3v) is 9.32. The molecule has 0 saturated heterocycles. The molecule has 2 aliphatic heterocycles. The van der Waals surface area contributed by atoms with Gasteiger partial charge in [0, 0.05) is 56.8 Å². The molecule has 10 rings (SSSR count). The van der Waals surface area contributed by atoms with E-state index in [0.29, 0.717) is 0 Å². The third-order valence-electron chi connectivity index (χ3n) is 9.32. The zero-order valence-electron chi connectivity index (χ0n) is 25.9. The SMILES string of the molecule is c1ccc(N(c2ccccc2)c2cc3ccc4oc5cc(N(c6ccccc6)c6ccccc6)cc6ccc7oc(c2)c3c4-c7c65)cc1. The molecule has 0 unspecified atom stereocenters. The molecule has 8 aromatic carbocycles. The van der Waals surface area contributed by atoms with E-state index in [2.05, 4.69) is 155 Å². The Morgan fingerprint density at radius 2 is 0.625 bits per heavy atom. The molecule has 0 atom stereocenters. The van der Waals surface area contributed by atoms with Gasteiger partial charge in [-0.3, -0.25) is 0 Å². The first-order valence-electron chi connectivity index (χ1n) is 16.2. The molecular formula is C44H28N2O2. The van der Waals surface area contributed by atoms with Crippen molar-refractivity contribution in [1.82, 2.24) is 0 Å². The first kappa shape index (κ1) is 26.7. The molecule has 0 aliphatic carbocycles. The molecule has 0 N–H and O–H groups in total. The highest BCUT2D eigenvalue weighted by Crippen LogP contribution is 2.51. The van der Waals surface area contributed by atoms with Crippen LogP contribution in [0.2, 0.25) is 0 Å². The molecule has 226 valence electrons. The maximum Gasteiger partial charge on any atom is 0.138 e. The lowest BCUT2D eigenvalue weighted by Crippen LogP contribution is -2.10. The summed E-state index contributed by atoms with van der Waals surface area (Å²) in [5.41, 5.74) is 11.9. The average Bonchev–Trinajstić information content (AvgIpc) is 3.14. The van der Waals surface area contributed by atoms with E-state index in [0.717, 1.165) is 89.1 Å². The zero-order valence-corrected chi connectivity index (χ0v) is 25.9. The molecule has 0 amide bonds. The lowest BCUT2D eigenvalue weighted by molar-refractivity contribution is 0.646. The number of nitrogens with zero attached hydrogens (tertiary/aromatic N) is 2. The summed E-state index contributed by atoms with van der Waals surface area (Å²) in [7, 11) is 0. The summed E-state index contributed by atoms with van der Waals surface area (Å²) in [6, 6.07) is 59.2. The topological polar surface area (TPSA) is 32.8 Å². The Bertz CT molecular complexity index is 2390. The van der Waals surface area contributed by atoms with Crippen LogP contribution < -0.4 is 9.80 Å². The molecule has 4 heteroatoms. The fourth-order valence-corrected chi connectivity index (χ4v) is 7.31. The molecule has 0 saturated carbocycles. The number of para-hydroxylation sites is 4. The Labute approximate surface area is 277 Å². The van der Waals surface area contributed by atoms with Crippen LogP contribution in [0.5, 0.6) is 0 Å². The van der Waals surface area contributed by atoms with Crippen molar-refractivity contribution in [3.8, 4) is 11.1 Å². The highest BCUT2D eigenvalue weighted by molar-refractivity contribution is 6.24. The average molecular weight is 617 g/mol. The summed E-state index contributed by atoms with van der Waals surface area (Å²) >= 11 is 0. The maximum absolute atomic E-state index is 6.83. The monoisotopic (exact) mass is 616 g/mol. The Hall–Kier alpha value is -6.52. The van der Waals surface area contributed by atoms with Crippen molar-refractivity contribution in [2.75, 3.05) is 9.80 Å². The first-order chi connectivity index (χ1) is 23.8. The fourth-order valence-electron chi connectivity index (χ4n) is 7.31. The minimum Gasteiger partial charge on any atom is -0.456 e. The molecule has 4 nitrogen and oxygen atoms in total. The number of hydrogen-bond donors (Lipinski definition) is 0. The van der Waals surface area contributed by atoms with Gasteiger partial charge in [0.1, 0.15) is 22.3 Å². The second kappa shape index (κ2) is 10.5. The predicted molar refractivity (Wildman–Crippen MR) is 198 cm³/mol. The molecular weight excluding hydrogens is 588 g/mol. The fraction of sp³-hybridized carbons (Fsp3) is 0. The highest BCUT2D eigenvalue weighted by atomic mass is 16.3. The van der Waals surface area contributed by atoms with E-state index in [4.69, 9.17) is 8.83 Å². The van der Waals surface area contributed by atoms with Gasteiger partial charge < -0.3 is 18.6 Å². The van der Waals surface area contributed by atoms with Crippen LogP contribution in [0.1, 0.15) is 0 Å². The van der Waals surface area contributed by atoms with Gasteiger partial charge in [0.05, 0.1) is 11.4 Å². The largest absolute Gasteiger partial charge is 0.456 e. The van der Waals surface area contributed by atoms with E-state index in [1.165, 1.54) is 0 Å². The van der Waals surface area contributed by atoms with Crippen LogP contribution in [0, 0.1) is 0 Å². The maximum atomic E-state index is 6.83. The summed E-state index contributed by atoms with van der Waals surface area (Å²) in [6.07, 6.45) is 0. The number of rotatable bonds is 6. The van der Waals surface area contributed by atoms with E-state index in [1.807, 2.05) is 24.3 Å². The minimum absolute atomic E-state index is 0.825. The quantitative estimate of drug-likeness (QED) is 0.137. The van der Waals surface area contributed by atoms with Crippen molar-refractivity contribution in [1.29, 1.82) is 0 Å². The predicted octanol–water partition coefficient (Wildman–Crippen LogP) is 13.0. The molecule has 0 radical (unpaired) electrons. The van der Waals surface area contributed by atoms with Crippen molar-refractivity contribution < 1.29 is 8.83 Å². The van der Waals surface area contributed by atoms with E-state index in [1.54, 1.807) is 0 Å². The van der Waals surface area contributed by atoms with Crippen molar-refractivity contribution in [2.24, 2.45) is 0 Å². The Morgan fingerprint density at radius 3 is 0.958 bits per heavy atom.